The third-order valence-corrected chi connectivity index (χ3v) is 6.65. The first kappa shape index (κ1) is 28.8. The van der Waals surface area contributed by atoms with E-state index in [1.54, 1.807) is 30.5 Å². The maximum atomic E-state index is 13.0. The zero-order valence-corrected chi connectivity index (χ0v) is 22.5. The second-order valence-corrected chi connectivity index (χ2v) is 9.30. The van der Waals surface area contributed by atoms with Crippen molar-refractivity contribution >= 4 is 23.4 Å². The quantitative estimate of drug-likeness (QED) is 0.364. The number of methoxy groups -OCH3 is 3. The van der Waals surface area contributed by atoms with E-state index in [-0.39, 0.29) is 18.4 Å². The molecule has 0 saturated carbocycles. The lowest BCUT2D eigenvalue weighted by Gasteiger charge is -2.33. The lowest BCUT2D eigenvalue weighted by atomic mass is 9.97. The maximum absolute atomic E-state index is 13.0. The largest absolute Gasteiger partial charge is 0.493 e. The summed E-state index contributed by atoms with van der Waals surface area (Å²) in [5.41, 5.74) is 0.472. The molecule has 2 N–H and O–H groups in total. The third-order valence-electron chi connectivity index (χ3n) is 6.65. The van der Waals surface area contributed by atoms with Crippen LogP contribution in [0.2, 0.25) is 0 Å². The fourth-order valence-electron chi connectivity index (χ4n) is 4.64. The van der Waals surface area contributed by atoms with Gasteiger partial charge in [0.05, 0.1) is 32.8 Å². The molecule has 1 aliphatic heterocycles. The van der Waals surface area contributed by atoms with E-state index in [2.05, 4.69) is 20.6 Å². The number of halogens is 3. The molecule has 1 aromatic heterocycles. The first-order chi connectivity index (χ1) is 19.2. The molecule has 3 aromatic rings. The molecule has 40 heavy (non-hydrogen) atoms. The Labute approximate surface area is 230 Å². The summed E-state index contributed by atoms with van der Waals surface area (Å²) in [5, 5.41) is 6.04. The number of piperidine rings is 1. The zero-order valence-electron chi connectivity index (χ0n) is 22.5. The van der Waals surface area contributed by atoms with Crippen LogP contribution in [0, 0.1) is 5.92 Å². The highest BCUT2D eigenvalue weighted by Crippen LogP contribution is 2.40. The molecular weight excluding hydrogens is 527 g/mol. The molecule has 1 saturated heterocycles. The van der Waals surface area contributed by atoms with Gasteiger partial charge in [0.15, 0.2) is 11.5 Å². The van der Waals surface area contributed by atoms with Gasteiger partial charge in [-0.05, 0) is 37.0 Å². The third kappa shape index (κ3) is 7.04. The van der Waals surface area contributed by atoms with Crippen LogP contribution in [0.4, 0.5) is 30.6 Å². The molecule has 2 aromatic carbocycles. The molecule has 1 atom stereocenters. The highest BCUT2D eigenvalue weighted by molar-refractivity contribution is 5.79. The van der Waals surface area contributed by atoms with Gasteiger partial charge in [0.25, 0.3) is 0 Å². The second kappa shape index (κ2) is 12.8. The van der Waals surface area contributed by atoms with Crippen LogP contribution in [0.5, 0.6) is 17.2 Å². The minimum atomic E-state index is -4.39. The van der Waals surface area contributed by atoms with E-state index in [0.717, 1.165) is 25.1 Å². The average molecular weight is 560 g/mol. The number of ether oxygens (including phenoxy) is 3. The van der Waals surface area contributed by atoms with Crippen molar-refractivity contribution in [1.82, 2.24) is 15.3 Å². The number of hydrogen-bond donors (Lipinski definition) is 2. The highest BCUT2D eigenvalue weighted by Gasteiger charge is 2.30. The Morgan fingerprint density at radius 3 is 2.50 bits per heavy atom. The first-order valence-corrected chi connectivity index (χ1v) is 12.8. The van der Waals surface area contributed by atoms with Gasteiger partial charge in [0.2, 0.25) is 17.6 Å². The molecule has 4 rings (SSSR count). The predicted octanol–water partition coefficient (Wildman–Crippen LogP) is 4.84. The molecule has 0 bridgehead atoms. The van der Waals surface area contributed by atoms with E-state index in [4.69, 9.17) is 14.2 Å². The summed E-state index contributed by atoms with van der Waals surface area (Å²) < 4.78 is 55.1. The number of alkyl halides is 3. The van der Waals surface area contributed by atoms with Crippen LogP contribution in [0.3, 0.4) is 0 Å². The topological polar surface area (TPSA) is 97.8 Å². The second-order valence-electron chi connectivity index (χ2n) is 9.30. The van der Waals surface area contributed by atoms with E-state index in [1.165, 1.54) is 27.4 Å². The van der Waals surface area contributed by atoms with Crippen LogP contribution >= 0.6 is 0 Å². The summed E-state index contributed by atoms with van der Waals surface area (Å²) in [6.07, 6.45) is -0.927. The Balaban J connectivity index is 1.37. The van der Waals surface area contributed by atoms with Gasteiger partial charge in [-0.15, -0.1) is 0 Å². The van der Waals surface area contributed by atoms with Gasteiger partial charge in [0.1, 0.15) is 5.82 Å². The minimum absolute atomic E-state index is 0.124. The van der Waals surface area contributed by atoms with Gasteiger partial charge in [-0.2, -0.15) is 18.2 Å². The number of benzene rings is 2. The molecular formula is C28H32F3N5O4. The maximum Gasteiger partial charge on any atom is 0.416 e. The number of nitrogens with one attached hydrogen (secondary N) is 2. The van der Waals surface area contributed by atoms with Crippen molar-refractivity contribution in [1.29, 1.82) is 0 Å². The van der Waals surface area contributed by atoms with Gasteiger partial charge in [-0.1, -0.05) is 18.2 Å². The fraction of sp³-hybridized carbons (Fsp3) is 0.393. The Hall–Kier alpha value is -4.22. The molecule has 2 heterocycles. The van der Waals surface area contributed by atoms with Crippen LogP contribution in [-0.2, 0) is 17.4 Å². The van der Waals surface area contributed by atoms with Crippen molar-refractivity contribution in [2.24, 2.45) is 5.92 Å². The van der Waals surface area contributed by atoms with Crippen LogP contribution < -0.4 is 29.7 Å². The van der Waals surface area contributed by atoms with Crippen molar-refractivity contribution in [3.63, 3.8) is 0 Å². The summed E-state index contributed by atoms with van der Waals surface area (Å²) >= 11 is 0. The Morgan fingerprint density at radius 1 is 1.07 bits per heavy atom. The number of hydrogen-bond acceptors (Lipinski definition) is 8. The van der Waals surface area contributed by atoms with Gasteiger partial charge in [0, 0.05) is 43.7 Å². The zero-order chi connectivity index (χ0) is 28.7. The number of carbonyl (C=O) groups excluding carboxylic acids is 1. The monoisotopic (exact) mass is 559 g/mol. The summed E-state index contributed by atoms with van der Waals surface area (Å²) in [7, 11) is 4.60. The first-order valence-electron chi connectivity index (χ1n) is 12.8. The van der Waals surface area contributed by atoms with Crippen molar-refractivity contribution in [2.45, 2.75) is 25.4 Å². The lowest BCUT2D eigenvalue weighted by Crippen LogP contribution is -2.43. The smallest absolute Gasteiger partial charge is 0.416 e. The van der Waals surface area contributed by atoms with Crippen LogP contribution in [-0.4, -0.2) is 56.8 Å². The molecule has 0 radical (unpaired) electrons. The normalized spacial score (nSPS) is 15.3. The standard InChI is InChI=1S/C28H32F3N5O4/c1-38-22-15-21(16-23(39-2)25(22)40-3)34-27-33-12-10-24(35-27)36-13-5-7-19(17-36)26(37)32-11-9-18-6-4-8-20(14-18)28(29,30)31/h4,6,8,10,12,14-16,19H,5,7,9,11,13,17H2,1-3H3,(H,32,37)(H,33,34,35). The van der Waals surface area contributed by atoms with Gasteiger partial charge < -0.3 is 29.7 Å². The van der Waals surface area contributed by atoms with Crippen molar-refractivity contribution in [3.8, 4) is 17.2 Å². The van der Waals surface area contributed by atoms with E-state index in [1.807, 2.05) is 4.90 Å². The number of rotatable bonds is 10. The van der Waals surface area contributed by atoms with Crippen molar-refractivity contribution < 1.29 is 32.2 Å². The summed E-state index contributed by atoms with van der Waals surface area (Å²) in [6.45, 7) is 1.46. The van der Waals surface area contributed by atoms with Crippen LogP contribution in [0.15, 0.2) is 48.7 Å². The summed E-state index contributed by atoms with van der Waals surface area (Å²) in [5.74, 6) is 2.08. The van der Waals surface area contributed by atoms with Crippen molar-refractivity contribution in [3.05, 3.63) is 59.8 Å². The predicted molar refractivity (Wildman–Crippen MR) is 145 cm³/mol. The molecule has 214 valence electrons. The van der Waals surface area contributed by atoms with Crippen LogP contribution in [0.25, 0.3) is 0 Å². The SMILES string of the molecule is COc1cc(Nc2nccc(N3CCCC(C(=O)NCCc4cccc(C(F)(F)F)c4)C3)n2)cc(OC)c1OC. The molecule has 1 unspecified atom stereocenters. The molecule has 1 amide bonds. The molecule has 9 nitrogen and oxygen atoms in total. The van der Waals surface area contributed by atoms with Gasteiger partial charge >= 0.3 is 6.18 Å². The molecule has 0 aliphatic carbocycles. The minimum Gasteiger partial charge on any atom is -0.493 e. The highest BCUT2D eigenvalue weighted by atomic mass is 19.4. The number of aromatic nitrogens is 2. The van der Waals surface area contributed by atoms with Gasteiger partial charge in [-0.25, -0.2) is 4.98 Å². The number of amides is 1. The summed E-state index contributed by atoms with van der Waals surface area (Å²) in [4.78, 5) is 23.9. The van der Waals surface area contributed by atoms with E-state index < -0.39 is 11.7 Å². The van der Waals surface area contributed by atoms with E-state index >= 15 is 0 Å². The Bertz CT molecular complexity index is 1300. The number of carbonyl (C=O) groups is 1. The molecule has 12 heteroatoms. The molecule has 1 fully saturated rings. The van der Waals surface area contributed by atoms with E-state index in [9.17, 15) is 18.0 Å². The van der Waals surface area contributed by atoms with Gasteiger partial charge in [-0.3, -0.25) is 4.79 Å². The van der Waals surface area contributed by atoms with Crippen LogP contribution in [0.1, 0.15) is 24.0 Å². The average Bonchev–Trinajstić information content (AvgIpc) is 2.96. The Kier molecular flexibility index (Phi) is 9.18. The number of nitrogens with zero attached hydrogens (tertiary/aromatic N) is 3. The Morgan fingerprint density at radius 2 is 1.82 bits per heavy atom. The number of anilines is 3. The molecule has 1 aliphatic rings. The molecule has 0 spiro atoms. The van der Waals surface area contributed by atoms with Crippen molar-refractivity contribution in [2.75, 3.05) is 51.2 Å². The lowest BCUT2D eigenvalue weighted by molar-refractivity contribution is -0.137. The van der Waals surface area contributed by atoms with E-state index in [0.29, 0.717) is 59.7 Å². The fourth-order valence-corrected chi connectivity index (χ4v) is 4.64. The summed E-state index contributed by atoms with van der Waals surface area (Å²) in [6, 6.07) is 10.4.